The second-order valence-corrected chi connectivity index (χ2v) is 18.6. The summed E-state index contributed by atoms with van der Waals surface area (Å²) in [4.78, 5) is 83.3. The molecule has 5 heterocycles. The third kappa shape index (κ3) is 7.98. The minimum Gasteiger partial charge on any atom is -0.491 e. The molecule has 3 saturated heterocycles. The summed E-state index contributed by atoms with van der Waals surface area (Å²) in [6.07, 6.45) is -0.910. The maximum atomic E-state index is 16.5. The fraction of sp³-hybridized carbons (Fsp3) is 0.352. The van der Waals surface area contributed by atoms with Gasteiger partial charge in [-0.15, -0.1) is 0 Å². The quantitative estimate of drug-likeness (QED) is 0.146. The van der Waals surface area contributed by atoms with E-state index in [1.165, 1.54) is 7.11 Å². The number of ether oxygens (including phenoxy) is 5. The third-order valence-corrected chi connectivity index (χ3v) is 14.3. The van der Waals surface area contributed by atoms with Crippen molar-refractivity contribution in [1.29, 1.82) is 0 Å². The molecule has 70 heavy (non-hydrogen) atoms. The number of nitrogens with one attached hydrogen (secondary N) is 1. The summed E-state index contributed by atoms with van der Waals surface area (Å²) in [6.45, 7) is 5.50. The Balaban J connectivity index is 1.16. The zero-order valence-corrected chi connectivity index (χ0v) is 39.1. The number of imide groups is 1. The molecule has 0 aliphatic carbocycles. The predicted octanol–water partition coefficient (Wildman–Crippen LogP) is 5.70. The van der Waals surface area contributed by atoms with Gasteiger partial charge in [-0.05, 0) is 64.1 Å². The van der Waals surface area contributed by atoms with Crippen molar-refractivity contribution in [3.8, 4) is 17.2 Å². The molecule has 5 aliphatic rings. The molecular weight excluding hydrogens is 895 g/mol. The number of benzene rings is 5. The molecule has 7 atom stereocenters. The van der Waals surface area contributed by atoms with Gasteiger partial charge in [-0.25, -0.2) is 14.5 Å². The number of nitrogens with zero attached hydrogens (tertiary/aromatic N) is 4. The molecule has 4 amide bonds. The lowest BCUT2D eigenvalue weighted by atomic mass is 9.65. The highest BCUT2D eigenvalue weighted by Gasteiger charge is 2.76. The maximum absolute atomic E-state index is 16.5. The number of hydrogen-bond donors (Lipinski definition) is 2. The normalized spacial score (nSPS) is 24.3. The van der Waals surface area contributed by atoms with Crippen LogP contribution in [0.2, 0.25) is 0 Å². The number of urea groups is 1. The van der Waals surface area contributed by atoms with Gasteiger partial charge in [0.05, 0.1) is 37.4 Å². The van der Waals surface area contributed by atoms with E-state index in [1.807, 2.05) is 89.8 Å². The first-order valence-corrected chi connectivity index (χ1v) is 23.7. The van der Waals surface area contributed by atoms with E-state index < -0.39 is 77.3 Å². The Kier molecular flexibility index (Phi) is 12.8. The van der Waals surface area contributed by atoms with E-state index in [-0.39, 0.29) is 38.8 Å². The Morgan fingerprint density at radius 2 is 1.47 bits per heavy atom. The summed E-state index contributed by atoms with van der Waals surface area (Å²) in [5.74, 6) is -2.73. The Labute approximate surface area is 405 Å². The SMILES string of the molecule is COC(=O)C(NC(=O)N1C(=O)C2(c3ccccc31)C(C(=O)N1CCN(Cc3ccc4c(c3)OCO4)CC1)C1C(=O)OC(c3ccccc3)C(c3ccccc3)N1C2c1cccc(OCCO)c1)C(C)C. The minimum atomic E-state index is -1.98. The van der Waals surface area contributed by atoms with Crippen molar-refractivity contribution in [3.63, 3.8) is 0 Å². The molecule has 5 aromatic carbocycles. The van der Waals surface area contributed by atoms with Crippen molar-refractivity contribution < 1.29 is 52.8 Å². The van der Waals surface area contributed by atoms with Crippen LogP contribution in [0.15, 0.2) is 127 Å². The predicted molar refractivity (Wildman–Crippen MR) is 255 cm³/mol. The molecule has 3 fully saturated rings. The number of para-hydroxylation sites is 1. The van der Waals surface area contributed by atoms with E-state index in [0.29, 0.717) is 53.6 Å². The molecule has 2 N–H and O–H groups in total. The van der Waals surface area contributed by atoms with Crippen molar-refractivity contribution in [2.45, 2.75) is 56.1 Å². The number of carbonyl (C=O) groups is 5. The van der Waals surface area contributed by atoms with Crippen LogP contribution in [0, 0.1) is 11.8 Å². The van der Waals surface area contributed by atoms with E-state index in [1.54, 1.807) is 61.2 Å². The smallest absolute Gasteiger partial charge is 0.329 e. The van der Waals surface area contributed by atoms with Gasteiger partial charge in [0.2, 0.25) is 18.6 Å². The first kappa shape index (κ1) is 46.5. The summed E-state index contributed by atoms with van der Waals surface area (Å²) in [5, 5.41) is 12.6. The van der Waals surface area contributed by atoms with Crippen molar-refractivity contribution in [3.05, 3.63) is 155 Å². The van der Waals surface area contributed by atoms with Crippen LogP contribution in [0.4, 0.5) is 10.5 Å². The van der Waals surface area contributed by atoms with E-state index in [4.69, 9.17) is 23.7 Å². The zero-order chi connectivity index (χ0) is 48.7. The number of morpholine rings is 1. The molecule has 16 heteroatoms. The van der Waals surface area contributed by atoms with Gasteiger partial charge in [-0.3, -0.25) is 24.2 Å². The number of piperazine rings is 1. The second kappa shape index (κ2) is 19.3. The average molecular weight is 950 g/mol. The third-order valence-electron chi connectivity index (χ3n) is 14.3. The number of methoxy groups -OCH3 is 1. The number of aliphatic hydroxyl groups is 1. The van der Waals surface area contributed by atoms with Gasteiger partial charge < -0.3 is 39.0 Å². The maximum Gasteiger partial charge on any atom is 0.329 e. The van der Waals surface area contributed by atoms with Crippen LogP contribution in [0.3, 0.4) is 0 Å². The Hall–Kier alpha value is -7.27. The number of anilines is 1. The van der Waals surface area contributed by atoms with E-state index in [2.05, 4.69) is 10.2 Å². The van der Waals surface area contributed by atoms with E-state index in [0.717, 1.165) is 16.0 Å². The fourth-order valence-corrected chi connectivity index (χ4v) is 11.2. The highest BCUT2D eigenvalue weighted by Crippen LogP contribution is 2.66. The van der Waals surface area contributed by atoms with Crippen LogP contribution < -0.4 is 24.4 Å². The van der Waals surface area contributed by atoms with Crippen LogP contribution in [-0.4, -0.2) is 115 Å². The summed E-state index contributed by atoms with van der Waals surface area (Å²) < 4.78 is 28.9. The molecule has 0 radical (unpaired) electrons. The number of fused-ring (bicyclic) bond motifs is 4. The number of hydrogen-bond acceptors (Lipinski definition) is 13. The number of amides is 4. The fourth-order valence-electron chi connectivity index (χ4n) is 11.2. The van der Waals surface area contributed by atoms with Crippen LogP contribution in [-0.2, 0) is 40.6 Å². The number of carbonyl (C=O) groups excluding carboxylic acids is 5. The molecule has 1 spiro atoms. The van der Waals surface area contributed by atoms with Gasteiger partial charge >= 0.3 is 18.0 Å². The number of rotatable bonds is 12. The lowest BCUT2D eigenvalue weighted by Crippen LogP contribution is -2.59. The van der Waals surface area contributed by atoms with Crippen LogP contribution in [0.5, 0.6) is 17.2 Å². The molecule has 7 unspecified atom stereocenters. The summed E-state index contributed by atoms with van der Waals surface area (Å²) in [5.41, 5.74) is 1.57. The molecule has 5 aliphatic heterocycles. The molecule has 0 bridgehead atoms. The largest absolute Gasteiger partial charge is 0.491 e. The molecule has 0 aromatic heterocycles. The first-order chi connectivity index (χ1) is 34.0. The number of esters is 2. The summed E-state index contributed by atoms with van der Waals surface area (Å²) in [7, 11) is 1.23. The van der Waals surface area contributed by atoms with Crippen LogP contribution >= 0.6 is 0 Å². The van der Waals surface area contributed by atoms with Gasteiger partial charge in [-0.1, -0.05) is 111 Å². The molecular formula is C54H55N5O11. The van der Waals surface area contributed by atoms with Crippen molar-refractivity contribution in [1.82, 2.24) is 20.0 Å². The van der Waals surface area contributed by atoms with Crippen LogP contribution in [0.25, 0.3) is 0 Å². The van der Waals surface area contributed by atoms with Gasteiger partial charge in [0, 0.05) is 32.7 Å². The van der Waals surface area contributed by atoms with Gasteiger partial charge in [0.15, 0.2) is 11.5 Å². The Morgan fingerprint density at radius 1 is 0.786 bits per heavy atom. The molecule has 10 rings (SSSR count). The van der Waals surface area contributed by atoms with E-state index in [9.17, 15) is 14.7 Å². The minimum absolute atomic E-state index is 0.0185. The monoisotopic (exact) mass is 949 g/mol. The summed E-state index contributed by atoms with van der Waals surface area (Å²) in [6, 6.07) is 33.5. The number of cyclic esters (lactones) is 1. The Bertz CT molecular complexity index is 2790. The van der Waals surface area contributed by atoms with Gasteiger partial charge in [0.1, 0.15) is 36.0 Å². The van der Waals surface area contributed by atoms with Crippen molar-refractivity contribution in [2.75, 3.05) is 58.2 Å². The molecule has 362 valence electrons. The lowest BCUT2D eigenvalue weighted by molar-refractivity contribution is -0.179. The molecule has 5 aromatic rings. The van der Waals surface area contributed by atoms with Crippen molar-refractivity contribution in [2.24, 2.45) is 11.8 Å². The lowest BCUT2D eigenvalue weighted by Gasteiger charge is -2.46. The second-order valence-electron chi connectivity index (χ2n) is 18.6. The van der Waals surface area contributed by atoms with Crippen molar-refractivity contribution >= 4 is 35.5 Å². The molecule has 0 saturated carbocycles. The topological polar surface area (TPSA) is 177 Å². The Morgan fingerprint density at radius 3 is 2.19 bits per heavy atom. The number of aliphatic hydroxyl groups excluding tert-OH is 1. The standard InChI is InChI=1S/C54H55N5O11/c1-33(2)44(50(62)66-3)55-53(65)58-40-20-11-10-19-39(40)54(52(58)64)43(49(61)57-25-23-56(24-26-57)31-34-21-22-41-42(29-34)69-32-68-41)46-51(63)70-47(36-15-8-5-9-16-36)45(35-13-6-4-7-14-35)59(46)48(54)37-17-12-18-38(30-37)67-28-27-60/h4-22,29-30,33,43-48,60H,23-28,31-32H2,1-3H3,(H,55,65). The van der Waals surface area contributed by atoms with Gasteiger partial charge in [0.25, 0.3) is 0 Å². The van der Waals surface area contributed by atoms with E-state index >= 15 is 14.4 Å². The molecule has 16 nitrogen and oxygen atoms in total. The summed E-state index contributed by atoms with van der Waals surface area (Å²) >= 11 is 0. The van der Waals surface area contributed by atoms with Crippen LogP contribution in [0.1, 0.15) is 59.9 Å². The highest BCUT2D eigenvalue weighted by molar-refractivity contribution is 6.25. The zero-order valence-electron chi connectivity index (χ0n) is 39.1. The van der Waals surface area contributed by atoms with Gasteiger partial charge in [-0.2, -0.15) is 0 Å². The first-order valence-electron chi connectivity index (χ1n) is 23.7. The average Bonchev–Trinajstić information content (AvgIpc) is 4.06. The highest BCUT2D eigenvalue weighted by atomic mass is 16.7.